The van der Waals surface area contributed by atoms with Crippen LogP contribution in [0.2, 0.25) is 5.02 Å². The van der Waals surface area contributed by atoms with E-state index in [9.17, 15) is 10.0 Å². The largest absolute Gasteiger partial charge is 0.342 e. The van der Waals surface area contributed by atoms with Crippen LogP contribution in [0.25, 0.3) is 0 Å². The fourth-order valence-corrected chi connectivity index (χ4v) is 6.37. The van der Waals surface area contributed by atoms with Gasteiger partial charge in [-0.3, -0.25) is 10.0 Å². The second-order valence-electron chi connectivity index (χ2n) is 9.47. The third-order valence-corrected chi connectivity index (χ3v) is 8.08. The fourth-order valence-electron chi connectivity index (χ4n) is 5.58. The van der Waals surface area contributed by atoms with E-state index in [0.29, 0.717) is 6.42 Å². The van der Waals surface area contributed by atoms with Crippen molar-refractivity contribution in [2.45, 2.75) is 38.0 Å². The number of aryl methyl sites for hydroxylation is 3. The van der Waals surface area contributed by atoms with E-state index in [2.05, 4.69) is 28.1 Å². The van der Waals surface area contributed by atoms with Crippen molar-refractivity contribution in [1.29, 1.82) is 0 Å². The minimum atomic E-state index is -0.00863. The molecule has 1 amide bonds. The van der Waals surface area contributed by atoms with Crippen LogP contribution in [0.3, 0.4) is 0 Å². The summed E-state index contributed by atoms with van der Waals surface area (Å²) in [5.41, 5.74) is 5.49. The predicted octanol–water partition coefficient (Wildman–Crippen LogP) is 4.16. The number of pyridine rings is 2. The summed E-state index contributed by atoms with van der Waals surface area (Å²) in [5.74, 6) is 0.453. The second-order valence-corrected chi connectivity index (χ2v) is 10.8. The summed E-state index contributed by atoms with van der Waals surface area (Å²) >= 11 is 10.3. The number of amides is 1. The van der Waals surface area contributed by atoms with E-state index in [1.807, 2.05) is 53.2 Å². The van der Waals surface area contributed by atoms with Gasteiger partial charge in [0.15, 0.2) is 12.4 Å². The molecule has 1 aromatic carbocycles. The van der Waals surface area contributed by atoms with Gasteiger partial charge in [0.2, 0.25) is 17.8 Å². The van der Waals surface area contributed by atoms with Gasteiger partial charge in [0.05, 0.1) is 16.8 Å². The first-order valence-corrected chi connectivity index (χ1v) is 13.0. The molecule has 0 bridgehead atoms. The number of nitrogens with zero attached hydrogens (tertiary/aromatic N) is 3. The smallest absolute Gasteiger partial charge is 0.245 e. The van der Waals surface area contributed by atoms with Gasteiger partial charge in [0.25, 0.3) is 0 Å². The van der Waals surface area contributed by atoms with Crippen LogP contribution in [-0.2, 0) is 31.1 Å². The van der Waals surface area contributed by atoms with Crippen LogP contribution >= 0.6 is 27.5 Å². The number of fused-ring (bicyclic) bond motifs is 2. The van der Waals surface area contributed by atoms with Gasteiger partial charge in [0.1, 0.15) is 7.05 Å². The highest BCUT2D eigenvalue weighted by molar-refractivity contribution is 9.10. The summed E-state index contributed by atoms with van der Waals surface area (Å²) in [4.78, 5) is 15.0. The lowest BCUT2D eigenvalue weighted by Gasteiger charge is -2.35. The quantitative estimate of drug-likeness (QED) is 0.399. The molecule has 5 nitrogen and oxygen atoms in total. The molecule has 0 radical (unpaired) electrons. The Balaban J connectivity index is 1.41. The van der Waals surface area contributed by atoms with Crippen molar-refractivity contribution < 1.29 is 19.3 Å². The average Bonchev–Trinajstić information content (AvgIpc) is 2.99. The fraction of sp³-hybridized carbons (Fsp3) is 0.370. The monoisotopic (exact) mass is 541 g/mol. The van der Waals surface area contributed by atoms with Gasteiger partial charge < -0.3 is 4.90 Å². The molecule has 1 saturated heterocycles. The van der Waals surface area contributed by atoms with Crippen LogP contribution < -0.4 is 9.30 Å². The number of carbonyl (C=O) groups is 1. The number of piperidine rings is 1. The highest BCUT2D eigenvalue weighted by Gasteiger charge is 2.41. The normalized spacial score (nSPS) is 18.2. The lowest BCUT2D eigenvalue weighted by atomic mass is 9.76. The molecule has 5 rings (SSSR count). The van der Waals surface area contributed by atoms with E-state index in [1.54, 1.807) is 6.20 Å². The van der Waals surface area contributed by atoms with E-state index < -0.39 is 0 Å². The van der Waals surface area contributed by atoms with Gasteiger partial charge in [-0.2, -0.15) is 0 Å². The van der Waals surface area contributed by atoms with Crippen LogP contribution in [-0.4, -0.2) is 29.1 Å². The number of likely N-dealkylation sites (tertiary alicyclic amines) is 1. The molecule has 2 aliphatic rings. The van der Waals surface area contributed by atoms with Crippen molar-refractivity contribution in [1.82, 2.24) is 4.90 Å². The van der Waals surface area contributed by atoms with Crippen LogP contribution in [0.15, 0.2) is 59.5 Å². The third kappa shape index (κ3) is 4.58. The lowest BCUT2D eigenvalue weighted by molar-refractivity contribution is -0.910. The Hall–Kier alpha value is -2.44. The van der Waals surface area contributed by atoms with E-state index >= 15 is 0 Å². The van der Waals surface area contributed by atoms with Gasteiger partial charge in [-0.25, -0.2) is 4.57 Å². The molecule has 0 spiro atoms. The van der Waals surface area contributed by atoms with E-state index in [-0.39, 0.29) is 17.7 Å². The Labute approximate surface area is 213 Å². The summed E-state index contributed by atoms with van der Waals surface area (Å²) in [6, 6.07) is 12.3. The number of carbonyl (C=O) groups excluding carboxylic acids is 1. The van der Waals surface area contributed by atoms with Crippen molar-refractivity contribution in [3.63, 3.8) is 0 Å². The number of aromatic nitrogens is 2. The summed E-state index contributed by atoms with van der Waals surface area (Å²) < 4.78 is 4.12. The van der Waals surface area contributed by atoms with Crippen LogP contribution in [0, 0.1) is 5.92 Å². The van der Waals surface area contributed by atoms with Gasteiger partial charge in [-0.15, -0.1) is 0 Å². The first-order chi connectivity index (χ1) is 16.4. The minimum Gasteiger partial charge on any atom is -0.342 e. The Bertz CT molecular complexity index is 1220. The summed E-state index contributed by atoms with van der Waals surface area (Å²) in [7, 11) is 1.97. The highest BCUT2D eigenvalue weighted by Crippen LogP contribution is 2.44. The van der Waals surface area contributed by atoms with Crippen molar-refractivity contribution in [2.24, 2.45) is 13.0 Å². The molecule has 1 atom stereocenters. The molecule has 0 saturated carbocycles. The Kier molecular flexibility index (Phi) is 6.63. The van der Waals surface area contributed by atoms with Gasteiger partial charge >= 0.3 is 0 Å². The van der Waals surface area contributed by atoms with E-state index in [0.717, 1.165) is 70.7 Å². The maximum atomic E-state index is 13.0. The minimum absolute atomic E-state index is 0.00863. The first-order valence-electron chi connectivity index (χ1n) is 11.8. The SMILES string of the molecule is C[n+]1ccc(CC(=O)N2CCC([C@@H]3c4c(Cl)cccc4CCc4cc(Br)c[n+](O)c43)CC2)cc1. The first kappa shape index (κ1) is 23.3. The van der Waals surface area contributed by atoms with E-state index in [1.165, 1.54) is 10.3 Å². The molecular weight excluding hydrogens is 514 g/mol. The summed E-state index contributed by atoms with van der Waals surface area (Å²) in [6.07, 6.45) is 9.58. The molecule has 1 aliphatic carbocycles. The maximum absolute atomic E-state index is 13.0. The van der Waals surface area contributed by atoms with Crippen LogP contribution in [0.1, 0.15) is 46.7 Å². The van der Waals surface area contributed by atoms with Gasteiger partial charge in [-0.1, -0.05) is 23.7 Å². The molecule has 3 aromatic rings. The molecule has 1 N–H and O–H groups in total. The van der Waals surface area contributed by atoms with Crippen molar-refractivity contribution >= 4 is 33.4 Å². The molecule has 3 heterocycles. The van der Waals surface area contributed by atoms with Gasteiger partial charge in [0, 0.05) is 40.5 Å². The molecular formula is C27H29BrClN3O2+2. The number of rotatable bonds is 3. The molecule has 176 valence electrons. The van der Waals surface area contributed by atoms with Crippen LogP contribution in [0.5, 0.6) is 0 Å². The number of benzene rings is 1. The molecule has 1 fully saturated rings. The zero-order chi connectivity index (χ0) is 23.8. The number of hydrogen-bond donors (Lipinski definition) is 1. The Morgan fingerprint density at radius 2 is 1.85 bits per heavy atom. The molecule has 0 unspecified atom stereocenters. The lowest BCUT2D eigenvalue weighted by Crippen LogP contribution is -2.44. The molecule has 2 aromatic heterocycles. The molecule has 34 heavy (non-hydrogen) atoms. The van der Waals surface area contributed by atoms with Crippen molar-refractivity contribution in [2.75, 3.05) is 13.1 Å². The standard InChI is InChI=1S/C27H29BrClN3O2/c1-30-11-7-18(8-12-30)15-24(33)31-13-9-20(10-14-31)26-25-19(3-2-4-23(25)29)5-6-21-16-22(28)17-32(34)27(21)26/h2-4,7-8,11-12,16-17,20,26,34H,5-6,9-10,13-15H2,1H3/q+2/t26-/m1/s1. The molecule has 7 heteroatoms. The maximum Gasteiger partial charge on any atom is 0.245 e. The molecule has 1 aliphatic heterocycles. The average molecular weight is 543 g/mol. The van der Waals surface area contributed by atoms with Crippen molar-refractivity contribution in [3.8, 4) is 0 Å². The Morgan fingerprint density at radius 3 is 2.59 bits per heavy atom. The zero-order valence-electron chi connectivity index (χ0n) is 19.3. The topological polar surface area (TPSA) is 48.3 Å². The summed E-state index contributed by atoms with van der Waals surface area (Å²) in [5, 5.41) is 11.7. The van der Waals surface area contributed by atoms with Crippen molar-refractivity contribution in [3.05, 3.63) is 92.4 Å². The second kappa shape index (κ2) is 9.67. The number of hydrogen-bond acceptors (Lipinski definition) is 2. The third-order valence-electron chi connectivity index (χ3n) is 7.31. The van der Waals surface area contributed by atoms with E-state index in [4.69, 9.17) is 11.6 Å². The highest BCUT2D eigenvalue weighted by atomic mass is 79.9. The predicted molar refractivity (Wildman–Crippen MR) is 133 cm³/mol. The van der Waals surface area contributed by atoms with Gasteiger partial charge in [-0.05, 0) is 76.4 Å². The number of halogens is 2. The zero-order valence-corrected chi connectivity index (χ0v) is 21.6. The van der Waals surface area contributed by atoms with Crippen LogP contribution in [0.4, 0.5) is 0 Å². The Morgan fingerprint density at radius 1 is 1.15 bits per heavy atom. The summed E-state index contributed by atoms with van der Waals surface area (Å²) in [6.45, 7) is 1.44.